The van der Waals surface area contributed by atoms with Crippen molar-refractivity contribution in [3.8, 4) is 5.75 Å². The van der Waals surface area contributed by atoms with Crippen LogP contribution in [0.4, 0.5) is 0 Å². The van der Waals surface area contributed by atoms with Crippen molar-refractivity contribution in [2.24, 2.45) is 5.92 Å². The van der Waals surface area contributed by atoms with Gasteiger partial charge in [-0.15, -0.1) is 0 Å². The zero-order chi connectivity index (χ0) is 21.7. The molecular weight excluding hydrogens is 388 g/mol. The Morgan fingerprint density at radius 1 is 1.03 bits per heavy atom. The van der Waals surface area contributed by atoms with Crippen molar-refractivity contribution >= 4 is 33.7 Å². The summed E-state index contributed by atoms with van der Waals surface area (Å²) in [5.74, 6) is 1.34. The van der Waals surface area contributed by atoms with Crippen molar-refractivity contribution in [2.75, 3.05) is 0 Å². The highest BCUT2D eigenvalue weighted by molar-refractivity contribution is 6.01. The standard InChI is InChI=1S/C25H30N4O2/c1-15(2)22-27-23-21(24-26-18-12-8-9-13-19(18)29(22)24)20(31-25(30)16(3)4)14-28(23)17-10-6-5-7-11-17/h8-9,12-17H,5-7,10-11H2,1-4H3. The first kappa shape index (κ1) is 20.0. The van der Waals surface area contributed by atoms with E-state index in [1.54, 1.807) is 0 Å². The molecule has 6 nitrogen and oxygen atoms in total. The second-order valence-corrected chi connectivity index (χ2v) is 9.35. The summed E-state index contributed by atoms with van der Waals surface area (Å²) in [5.41, 5.74) is 3.65. The number of para-hydroxylation sites is 2. The van der Waals surface area contributed by atoms with Crippen LogP contribution < -0.4 is 4.74 Å². The maximum absolute atomic E-state index is 12.5. The Hall–Kier alpha value is -2.89. The number of hydrogen-bond acceptors (Lipinski definition) is 4. The van der Waals surface area contributed by atoms with Gasteiger partial charge in [-0.3, -0.25) is 9.20 Å². The minimum absolute atomic E-state index is 0.203. The predicted octanol–water partition coefficient (Wildman–Crippen LogP) is 6.03. The topological polar surface area (TPSA) is 61.4 Å². The van der Waals surface area contributed by atoms with E-state index in [1.807, 2.05) is 38.2 Å². The lowest BCUT2D eigenvalue weighted by Crippen LogP contribution is -2.15. The molecule has 1 aromatic carbocycles. The fourth-order valence-corrected chi connectivity index (χ4v) is 4.73. The van der Waals surface area contributed by atoms with Crippen molar-refractivity contribution < 1.29 is 9.53 Å². The molecule has 0 aliphatic heterocycles. The number of esters is 1. The van der Waals surface area contributed by atoms with Crippen LogP contribution in [0.25, 0.3) is 27.7 Å². The number of fused-ring (bicyclic) bond motifs is 5. The second-order valence-electron chi connectivity index (χ2n) is 9.35. The second kappa shape index (κ2) is 7.66. The van der Waals surface area contributed by atoms with Gasteiger partial charge < -0.3 is 9.30 Å². The zero-order valence-corrected chi connectivity index (χ0v) is 18.8. The lowest BCUT2D eigenvalue weighted by Gasteiger charge is -2.24. The van der Waals surface area contributed by atoms with Crippen LogP contribution in [0.3, 0.4) is 0 Å². The number of nitrogens with zero attached hydrogens (tertiary/aromatic N) is 4. The lowest BCUT2D eigenvalue weighted by atomic mass is 9.95. The number of aromatic nitrogens is 4. The lowest BCUT2D eigenvalue weighted by molar-refractivity contribution is -0.137. The first-order chi connectivity index (χ1) is 15.0. The van der Waals surface area contributed by atoms with Gasteiger partial charge in [-0.1, -0.05) is 59.1 Å². The van der Waals surface area contributed by atoms with Crippen molar-refractivity contribution in [2.45, 2.75) is 71.8 Å². The molecule has 0 N–H and O–H groups in total. The van der Waals surface area contributed by atoms with Gasteiger partial charge in [0.05, 0.1) is 17.0 Å². The third-order valence-electron chi connectivity index (χ3n) is 6.37. The van der Waals surface area contributed by atoms with E-state index in [1.165, 1.54) is 19.3 Å². The van der Waals surface area contributed by atoms with E-state index in [2.05, 4.69) is 28.9 Å². The quantitative estimate of drug-likeness (QED) is 0.380. The van der Waals surface area contributed by atoms with E-state index >= 15 is 0 Å². The highest BCUT2D eigenvalue weighted by Crippen LogP contribution is 2.39. The fourth-order valence-electron chi connectivity index (χ4n) is 4.73. The van der Waals surface area contributed by atoms with Crippen LogP contribution >= 0.6 is 0 Å². The molecule has 3 aromatic heterocycles. The highest BCUT2D eigenvalue weighted by atomic mass is 16.5. The van der Waals surface area contributed by atoms with Crippen LogP contribution in [-0.4, -0.2) is 24.9 Å². The molecule has 31 heavy (non-hydrogen) atoms. The summed E-state index contributed by atoms with van der Waals surface area (Å²) in [6.45, 7) is 8.04. The van der Waals surface area contributed by atoms with Crippen LogP contribution in [0.1, 0.15) is 77.6 Å². The van der Waals surface area contributed by atoms with Crippen LogP contribution in [-0.2, 0) is 4.79 Å². The molecule has 1 aliphatic rings. The molecule has 162 valence electrons. The van der Waals surface area contributed by atoms with Gasteiger partial charge in [0.15, 0.2) is 11.4 Å². The van der Waals surface area contributed by atoms with Crippen LogP contribution in [0.5, 0.6) is 5.75 Å². The summed E-state index contributed by atoms with van der Waals surface area (Å²) >= 11 is 0. The number of carbonyl (C=O) groups excluding carboxylic acids is 1. The summed E-state index contributed by atoms with van der Waals surface area (Å²) in [6, 6.07) is 8.50. The molecule has 1 aliphatic carbocycles. The SMILES string of the molecule is CC(C)C(=O)Oc1cn(C2CCCCC2)c2nc(C(C)C)n3c4ccccc4nc3c12. The van der Waals surface area contributed by atoms with Gasteiger partial charge in [0.1, 0.15) is 16.9 Å². The Morgan fingerprint density at radius 3 is 2.48 bits per heavy atom. The Labute approximate surface area is 182 Å². The minimum atomic E-state index is -0.232. The van der Waals surface area contributed by atoms with Crippen molar-refractivity contribution in [3.63, 3.8) is 0 Å². The van der Waals surface area contributed by atoms with E-state index < -0.39 is 0 Å². The average Bonchev–Trinajstić information content (AvgIpc) is 3.32. The summed E-state index contributed by atoms with van der Waals surface area (Å²) in [5, 5.41) is 0.833. The molecule has 0 unspecified atom stereocenters. The molecule has 0 amide bonds. The zero-order valence-electron chi connectivity index (χ0n) is 18.8. The van der Waals surface area contributed by atoms with Gasteiger partial charge in [-0.25, -0.2) is 9.97 Å². The van der Waals surface area contributed by atoms with E-state index in [0.717, 1.165) is 46.4 Å². The van der Waals surface area contributed by atoms with Crippen molar-refractivity contribution in [1.29, 1.82) is 0 Å². The van der Waals surface area contributed by atoms with E-state index in [9.17, 15) is 4.79 Å². The van der Waals surface area contributed by atoms with Crippen LogP contribution in [0.15, 0.2) is 30.5 Å². The molecule has 0 radical (unpaired) electrons. The minimum Gasteiger partial charge on any atom is -0.424 e. The number of imidazole rings is 1. The molecule has 4 aromatic rings. The summed E-state index contributed by atoms with van der Waals surface area (Å²) in [7, 11) is 0. The Bertz CT molecular complexity index is 1280. The first-order valence-electron chi connectivity index (χ1n) is 11.5. The molecule has 1 saturated carbocycles. The molecule has 1 fully saturated rings. The van der Waals surface area contributed by atoms with Gasteiger partial charge in [0.25, 0.3) is 0 Å². The predicted molar refractivity (Wildman–Crippen MR) is 123 cm³/mol. The number of carbonyl (C=O) groups is 1. The largest absolute Gasteiger partial charge is 0.424 e. The van der Waals surface area contributed by atoms with Crippen molar-refractivity contribution in [1.82, 2.24) is 18.9 Å². The Balaban J connectivity index is 1.86. The molecular formula is C25H30N4O2. The van der Waals surface area contributed by atoms with Crippen molar-refractivity contribution in [3.05, 3.63) is 36.3 Å². The maximum Gasteiger partial charge on any atom is 0.313 e. The van der Waals surface area contributed by atoms with Gasteiger partial charge in [-0.05, 0) is 25.0 Å². The van der Waals surface area contributed by atoms with Gasteiger partial charge in [0.2, 0.25) is 0 Å². The molecule has 0 bridgehead atoms. The van der Waals surface area contributed by atoms with Crippen LogP contribution in [0, 0.1) is 5.92 Å². The third kappa shape index (κ3) is 3.29. The maximum atomic E-state index is 12.5. The van der Waals surface area contributed by atoms with Gasteiger partial charge >= 0.3 is 5.97 Å². The number of benzene rings is 1. The van der Waals surface area contributed by atoms with Crippen LogP contribution in [0.2, 0.25) is 0 Å². The Kier molecular flexibility index (Phi) is 4.95. The number of rotatable bonds is 4. The van der Waals surface area contributed by atoms with E-state index in [4.69, 9.17) is 14.7 Å². The fraction of sp³-hybridized carbons (Fsp3) is 0.480. The van der Waals surface area contributed by atoms with Gasteiger partial charge in [-0.2, -0.15) is 0 Å². The summed E-state index contributed by atoms with van der Waals surface area (Å²) < 4.78 is 10.3. The molecule has 0 saturated heterocycles. The molecule has 5 rings (SSSR count). The van der Waals surface area contributed by atoms with E-state index in [-0.39, 0.29) is 17.8 Å². The molecule has 0 spiro atoms. The monoisotopic (exact) mass is 418 g/mol. The number of ether oxygens (including phenoxy) is 1. The van der Waals surface area contributed by atoms with E-state index in [0.29, 0.717) is 11.8 Å². The van der Waals surface area contributed by atoms with Gasteiger partial charge in [0, 0.05) is 18.2 Å². The average molecular weight is 419 g/mol. The molecule has 3 heterocycles. The third-order valence-corrected chi connectivity index (χ3v) is 6.37. The number of hydrogen-bond donors (Lipinski definition) is 0. The first-order valence-corrected chi connectivity index (χ1v) is 11.5. The summed E-state index contributed by atoms with van der Waals surface area (Å²) in [4.78, 5) is 22.7. The Morgan fingerprint density at radius 2 is 1.77 bits per heavy atom. The highest BCUT2D eigenvalue weighted by Gasteiger charge is 2.27. The smallest absolute Gasteiger partial charge is 0.313 e. The molecule has 6 heteroatoms. The molecule has 0 atom stereocenters. The summed E-state index contributed by atoms with van der Waals surface area (Å²) in [6.07, 6.45) is 7.97. The normalized spacial score (nSPS) is 15.7.